The second kappa shape index (κ2) is 8.46. The third-order valence-corrected chi connectivity index (χ3v) is 13.9. The Bertz CT molecular complexity index is 1240. The van der Waals surface area contributed by atoms with E-state index in [9.17, 15) is 14.7 Å². The van der Waals surface area contributed by atoms with Crippen molar-refractivity contribution in [2.24, 2.45) is 56.7 Å². The fourth-order valence-electron chi connectivity index (χ4n) is 12.0. The Morgan fingerprint density at radius 2 is 1.74 bits per heavy atom. The topological polar surface area (TPSA) is 67.5 Å². The number of rotatable bonds is 3. The number of fused-ring (bicyclic) bond motifs is 7. The third kappa shape index (κ3) is 3.35. The van der Waals surface area contributed by atoms with E-state index in [1.54, 1.807) is 6.26 Å². The zero-order valence-corrected chi connectivity index (χ0v) is 24.9. The Hall–Kier alpha value is -2.10. The van der Waals surface area contributed by atoms with Crippen LogP contribution < -0.4 is 0 Å². The summed E-state index contributed by atoms with van der Waals surface area (Å²) in [6.07, 6.45) is 12.4. The van der Waals surface area contributed by atoms with Gasteiger partial charge in [-0.3, -0.25) is 9.59 Å². The number of aliphatic carboxylic acids is 1. The van der Waals surface area contributed by atoms with E-state index < -0.39 is 16.8 Å². The summed E-state index contributed by atoms with van der Waals surface area (Å²) in [4.78, 5) is 26.8. The summed E-state index contributed by atoms with van der Waals surface area (Å²) in [7, 11) is 0. The Labute approximate surface area is 234 Å². The number of ketones is 1. The molecule has 0 unspecified atom stereocenters. The molecular weight excluding hydrogens is 484 g/mol. The molecule has 9 atom stereocenters. The molecule has 1 aromatic heterocycles. The average molecular weight is 533 g/mol. The van der Waals surface area contributed by atoms with Crippen LogP contribution in [0.5, 0.6) is 0 Å². The van der Waals surface area contributed by atoms with Crippen molar-refractivity contribution in [3.05, 3.63) is 41.9 Å². The van der Waals surface area contributed by atoms with Crippen molar-refractivity contribution in [3.8, 4) is 0 Å². The molecule has 5 saturated carbocycles. The van der Waals surface area contributed by atoms with E-state index in [1.165, 1.54) is 5.57 Å². The number of carboxylic acids is 1. The van der Waals surface area contributed by atoms with Gasteiger partial charge >= 0.3 is 5.97 Å². The van der Waals surface area contributed by atoms with E-state index in [0.29, 0.717) is 23.7 Å². The lowest BCUT2D eigenvalue weighted by atomic mass is 9.32. The van der Waals surface area contributed by atoms with Crippen molar-refractivity contribution >= 4 is 17.8 Å². The monoisotopic (exact) mass is 532 g/mol. The SMILES string of the molecule is C=C(C)[C@H]1CC[C@@]2(C(=O)O)CC[C@]3(C)[C@@H](CC[C@H]4[C@@]5(C)CC(=Cc6ccco6)C(=O)C(C)(C)[C@H]5CC[C@]43C)[C@@H]12. The number of hydrogen-bond donors (Lipinski definition) is 1. The van der Waals surface area contributed by atoms with Crippen LogP contribution in [0, 0.1) is 56.7 Å². The number of allylic oxidation sites excluding steroid dienone is 2. The molecule has 0 radical (unpaired) electrons. The van der Waals surface area contributed by atoms with Crippen molar-refractivity contribution in [2.75, 3.05) is 0 Å². The minimum absolute atomic E-state index is 0.0155. The molecule has 0 saturated heterocycles. The summed E-state index contributed by atoms with van der Waals surface area (Å²) < 4.78 is 5.65. The molecular formula is C35H48O4. The van der Waals surface area contributed by atoms with Gasteiger partial charge in [0.25, 0.3) is 0 Å². The quantitative estimate of drug-likeness (QED) is 0.313. The summed E-state index contributed by atoms with van der Waals surface area (Å²) in [5, 5.41) is 10.6. The van der Waals surface area contributed by atoms with Gasteiger partial charge in [0.15, 0.2) is 5.78 Å². The van der Waals surface area contributed by atoms with Crippen LogP contribution in [0.25, 0.3) is 6.08 Å². The van der Waals surface area contributed by atoms with Gasteiger partial charge in [0, 0.05) is 5.41 Å². The van der Waals surface area contributed by atoms with Crippen molar-refractivity contribution in [1.82, 2.24) is 0 Å². The van der Waals surface area contributed by atoms with Crippen LogP contribution >= 0.6 is 0 Å². The van der Waals surface area contributed by atoms with Crippen LogP contribution in [-0.4, -0.2) is 16.9 Å². The van der Waals surface area contributed by atoms with Gasteiger partial charge in [0.05, 0.1) is 11.7 Å². The minimum Gasteiger partial charge on any atom is -0.481 e. The lowest BCUT2D eigenvalue weighted by molar-refractivity contribution is -0.231. The molecule has 0 aromatic carbocycles. The fourth-order valence-corrected chi connectivity index (χ4v) is 12.0. The van der Waals surface area contributed by atoms with Crippen LogP contribution in [0.15, 0.2) is 40.5 Å². The molecule has 0 spiro atoms. The number of carbonyl (C=O) groups excluding carboxylic acids is 1. The predicted octanol–water partition coefficient (Wildman–Crippen LogP) is 8.58. The van der Waals surface area contributed by atoms with Crippen LogP contribution in [0.4, 0.5) is 0 Å². The second-order valence-corrected chi connectivity index (χ2v) is 15.6. The van der Waals surface area contributed by atoms with Gasteiger partial charge in [-0.05, 0) is 134 Å². The molecule has 4 heteroatoms. The van der Waals surface area contributed by atoms with Gasteiger partial charge in [0.1, 0.15) is 5.76 Å². The largest absolute Gasteiger partial charge is 0.481 e. The first kappa shape index (κ1) is 27.1. The predicted molar refractivity (Wildman–Crippen MR) is 154 cm³/mol. The summed E-state index contributed by atoms with van der Waals surface area (Å²) in [6, 6.07) is 3.83. The highest BCUT2D eigenvalue weighted by Gasteiger charge is 2.72. The lowest BCUT2D eigenvalue weighted by Crippen LogP contribution is -2.67. The zero-order valence-electron chi connectivity index (χ0n) is 24.9. The van der Waals surface area contributed by atoms with Crippen LogP contribution in [0.1, 0.15) is 105 Å². The number of carboxylic acid groups (broad SMARTS) is 1. The van der Waals surface area contributed by atoms with E-state index in [-0.39, 0.29) is 27.9 Å². The maximum Gasteiger partial charge on any atom is 0.309 e. The third-order valence-electron chi connectivity index (χ3n) is 13.9. The molecule has 1 aromatic rings. The molecule has 0 bridgehead atoms. The summed E-state index contributed by atoms with van der Waals surface area (Å²) in [6.45, 7) is 18.4. The highest BCUT2D eigenvalue weighted by molar-refractivity contribution is 6.04. The Balaban J connectivity index is 1.42. The maximum absolute atomic E-state index is 13.9. The van der Waals surface area contributed by atoms with Crippen molar-refractivity contribution in [1.29, 1.82) is 0 Å². The maximum atomic E-state index is 13.9. The molecule has 5 fully saturated rings. The minimum atomic E-state index is -0.587. The Morgan fingerprint density at radius 3 is 2.38 bits per heavy atom. The van der Waals surface area contributed by atoms with Crippen LogP contribution in [0.3, 0.4) is 0 Å². The van der Waals surface area contributed by atoms with E-state index in [2.05, 4.69) is 48.1 Å². The normalized spacial score (nSPS) is 47.6. The van der Waals surface area contributed by atoms with Gasteiger partial charge in [-0.2, -0.15) is 0 Å². The standard InChI is InChI=1S/C35H48O4/c1-21(2)24-12-15-35(30(37)38)17-16-33(6)25(28(24)35)10-11-27-32(5)20-22(19-23-9-8-18-39-23)29(36)31(3,4)26(32)13-14-34(27,33)7/h8-9,18-19,24-28H,1,10-17,20H2,2-7H3,(H,37,38)/t24-,25+,26-,27+,28-,32+,33-,34-,35-/m1/s1. The number of carbonyl (C=O) groups is 2. The second-order valence-electron chi connectivity index (χ2n) is 15.6. The first-order valence-corrected chi connectivity index (χ1v) is 15.4. The van der Waals surface area contributed by atoms with E-state index in [0.717, 1.165) is 69.1 Å². The highest BCUT2D eigenvalue weighted by atomic mass is 16.4. The molecule has 0 aliphatic heterocycles. The smallest absolute Gasteiger partial charge is 0.309 e. The van der Waals surface area contributed by atoms with E-state index >= 15 is 0 Å². The molecule has 4 nitrogen and oxygen atoms in total. The first-order chi connectivity index (χ1) is 18.2. The Morgan fingerprint density at radius 1 is 1.00 bits per heavy atom. The molecule has 212 valence electrons. The van der Waals surface area contributed by atoms with Crippen molar-refractivity contribution in [2.45, 2.75) is 99.3 Å². The van der Waals surface area contributed by atoms with Crippen LogP contribution in [-0.2, 0) is 9.59 Å². The van der Waals surface area contributed by atoms with Crippen molar-refractivity contribution < 1.29 is 19.1 Å². The molecule has 5 aliphatic carbocycles. The molecule has 0 amide bonds. The molecule has 39 heavy (non-hydrogen) atoms. The van der Waals surface area contributed by atoms with Crippen molar-refractivity contribution in [3.63, 3.8) is 0 Å². The molecule has 6 rings (SSSR count). The fraction of sp³-hybridized carbons (Fsp3) is 0.714. The van der Waals surface area contributed by atoms with Gasteiger partial charge in [0.2, 0.25) is 0 Å². The van der Waals surface area contributed by atoms with Crippen LogP contribution in [0.2, 0.25) is 0 Å². The zero-order chi connectivity index (χ0) is 28.2. The number of furan rings is 1. The Kier molecular flexibility index (Phi) is 5.88. The highest BCUT2D eigenvalue weighted by Crippen LogP contribution is 2.77. The molecule has 1 N–H and O–H groups in total. The average Bonchev–Trinajstić information content (AvgIpc) is 3.51. The van der Waals surface area contributed by atoms with Gasteiger partial charge in [-0.25, -0.2) is 0 Å². The summed E-state index contributed by atoms with van der Waals surface area (Å²) in [5.41, 5.74) is 1.30. The molecule has 5 aliphatic rings. The van der Waals surface area contributed by atoms with E-state index in [4.69, 9.17) is 4.42 Å². The van der Waals surface area contributed by atoms with Gasteiger partial charge < -0.3 is 9.52 Å². The number of Topliss-reactive ketones (excluding diaryl/α,β-unsaturated/α-hetero) is 1. The first-order valence-electron chi connectivity index (χ1n) is 15.4. The van der Waals surface area contributed by atoms with Gasteiger partial charge in [-0.15, -0.1) is 0 Å². The van der Waals surface area contributed by atoms with E-state index in [1.807, 2.05) is 18.2 Å². The number of hydrogen-bond acceptors (Lipinski definition) is 3. The summed E-state index contributed by atoms with van der Waals surface area (Å²) in [5.74, 6) is 2.23. The summed E-state index contributed by atoms with van der Waals surface area (Å²) >= 11 is 0. The lowest BCUT2D eigenvalue weighted by Gasteiger charge is -2.72. The molecule has 1 heterocycles. The van der Waals surface area contributed by atoms with Gasteiger partial charge in [-0.1, -0.05) is 46.8 Å².